The van der Waals surface area contributed by atoms with Crippen molar-refractivity contribution in [3.63, 3.8) is 0 Å². The van der Waals surface area contributed by atoms with E-state index in [0.717, 1.165) is 17.1 Å². The van der Waals surface area contributed by atoms with Crippen molar-refractivity contribution in [2.45, 2.75) is 46.1 Å². The second-order valence-corrected chi connectivity index (χ2v) is 5.92. The average molecular weight is 308 g/mol. The third-order valence-electron chi connectivity index (χ3n) is 3.44. The zero-order valence-electron chi connectivity index (χ0n) is 12.6. The summed E-state index contributed by atoms with van der Waals surface area (Å²) >= 11 is 1.58. The molecule has 2 aromatic rings. The van der Waals surface area contributed by atoms with Crippen LogP contribution in [0.1, 0.15) is 37.4 Å². The molecule has 2 aromatic heterocycles. The van der Waals surface area contributed by atoms with Crippen molar-refractivity contribution in [3.8, 4) is 0 Å². The van der Waals surface area contributed by atoms with Crippen LogP contribution in [0.15, 0.2) is 10.9 Å². The molecule has 0 aliphatic carbocycles. The smallest absolute Gasteiger partial charge is 0.305 e. The first-order valence-corrected chi connectivity index (χ1v) is 8.01. The Morgan fingerprint density at radius 2 is 2.14 bits per heavy atom. The number of hydrogen-bond acceptors (Lipinski definition) is 5. The van der Waals surface area contributed by atoms with Crippen LogP contribution in [0.5, 0.6) is 0 Å². The molecule has 0 aromatic carbocycles. The van der Waals surface area contributed by atoms with E-state index in [9.17, 15) is 9.59 Å². The van der Waals surface area contributed by atoms with Gasteiger partial charge in [0, 0.05) is 24.3 Å². The number of carbonyl (C=O) groups is 1. The van der Waals surface area contributed by atoms with Gasteiger partial charge >= 0.3 is 5.97 Å². The van der Waals surface area contributed by atoms with Gasteiger partial charge in [0.05, 0.1) is 12.5 Å². The third kappa shape index (κ3) is 3.32. The highest BCUT2D eigenvalue weighted by atomic mass is 32.1. The molecular formula is C15H20N2O3S. The van der Waals surface area contributed by atoms with Gasteiger partial charge in [-0.3, -0.25) is 14.2 Å². The number of aromatic nitrogens is 2. The molecule has 5 nitrogen and oxygen atoms in total. The highest BCUT2D eigenvalue weighted by Gasteiger charge is 2.13. The van der Waals surface area contributed by atoms with Crippen LogP contribution < -0.4 is 5.56 Å². The van der Waals surface area contributed by atoms with Gasteiger partial charge in [-0.05, 0) is 18.9 Å². The van der Waals surface area contributed by atoms with E-state index in [1.54, 1.807) is 15.9 Å². The van der Waals surface area contributed by atoms with Crippen molar-refractivity contribution >= 4 is 27.5 Å². The maximum atomic E-state index is 12.6. The molecule has 0 bridgehead atoms. The number of carbonyl (C=O) groups excluding carboxylic acids is 1. The number of aryl methyl sites for hydroxylation is 2. The van der Waals surface area contributed by atoms with E-state index in [2.05, 4.69) is 16.6 Å². The molecule has 0 radical (unpaired) electrons. The van der Waals surface area contributed by atoms with Gasteiger partial charge in [-0.2, -0.15) is 0 Å². The Labute approximate surface area is 127 Å². The Balaban J connectivity index is 2.34. The lowest BCUT2D eigenvalue weighted by Gasteiger charge is -2.10. The molecular weight excluding hydrogens is 288 g/mol. The molecule has 0 N–H and O–H groups in total. The highest BCUT2D eigenvalue weighted by molar-refractivity contribution is 7.18. The fraction of sp³-hybridized carbons (Fsp3) is 0.533. The third-order valence-corrected chi connectivity index (χ3v) is 4.61. The lowest BCUT2D eigenvalue weighted by Crippen LogP contribution is -2.25. The predicted octanol–water partition coefficient (Wildman–Crippen LogP) is 2.54. The molecule has 0 atom stereocenters. The lowest BCUT2D eigenvalue weighted by atomic mass is 10.2. The van der Waals surface area contributed by atoms with Gasteiger partial charge in [0.15, 0.2) is 0 Å². The summed E-state index contributed by atoms with van der Waals surface area (Å²) in [4.78, 5) is 30.4. The van der Waals surface area contributed by atoms with Crippen LogP contribution >= 0.6 is 11.3 Å². The fourth-order valence-electron chi connectivity index (χ4n) is 2.27. The number of hydrogen-bond donors (Lipinski definition) is 0. The summed E-state index contributed by atoms with van der Waals surface area (Å²) in [5.74, 6) is 0.529. The molecule has 21 heavy (non-hydrogen) atoms. The van der Waals surface area contributed by atoms with Gasteiger partial charge in [0.1, 0.15) is 10.7 Å². The summed E-state index contributed by atoms with van der Waals surface area (Å²) in [6.07, 6.45) is 2.50. The van der Waals surface area contributed by atoms with Gasteiger partial charge in [-0.25, -0.2) is 4.98 Å². The molecule has 0 spiro atoms. The van der Waals surface area contributed by atoms with Gasteiger partial charge in [0.25, 0.3) is 5.56 Å². The molecule has 0 amide bonds. The van der Waals surface area contributed by atoms with Gasteiger partial charge < -0.3 is 4.74 Å². The molecule has 0 saturated carbocycles. The zero-order valence-corrected chi connectivity index (χ0v) is 13.5. The van der Waals surface area contributed by atoms with Crippen LogP contribution in [0.3, 0.4) is 0 Å². The standard InChI is InChI=1S/C15H20N2O3S/c1-4-10-9-11-14(21-10)16-12(5-2)17(15(11)19)8-6-7-13(18)20-3/h9H,4-8H2,1-3H3. The molecule has 0 saturated heterocycles. The predicted molar refractivity (Wildman–Crippen MR) is 83.9 cm³/mol. The first kappa shape index (κ1) is 15.7. The van der Waals surface area contributed by atoms with Crippen molar-refractivity contribution in [3.05, 3.63) is 27.1 Å². The number of nitrogens with zero attached hydrogens (tertiary/aromatic N) is 2. The van der Waals surface area contributed by atoms with Crippen LogP contribution in [0.25, 0.3) is 10.2 Å². The van der Waals surface area contributed by atoms with E-state index >= 15 is 0 Å². The number of esters is 1. The number of thiophene rings is 1. The van der Waals surface area contributed by atoms with Crippen LogP contribution in [0.4, 0.5) is 0 Å². The Morgan fingerprint density at radius 3 is 2.76 bits per heavy atom. The van der Waals surface area contributed by atoms with Crippen molar-refractivity contribution in [2.75, 3.05) is 7.11 Å². The summed E-state index contributed by atoms with van der Waals surface area (Å²) in [6, 6.07) is 1.94. The molecule has 114 valence electrons. The first-order valence-electron chi connectivity index (χ1n) is 7.19. The number of ether oxygens (including phenoxy) is 1. The number of rotatable bonds is 6. The van der Waals surface area contributed by atoms with Gasteiger partial charge in [0.2, 0.25) is 0 Å². The summed E-state index contributed by atoms with van der Waals surface area (Å²) in [5, 5.41) is 0.687. The van der Waals surface area contributed by atoms with E-state index in [0.29, 0.717) is 31.2 Å². The van der Waals surface area contributed by atoms with E-state index in [-0.39, 0.29) is 11.5 Å². The van der Waals surface area contributed by atoms with Crippen LogP contribution in [-0.2, 0) is 28.9 Å². The number of methoxy groups -OCH3 is 1. The summed E-state index contributed by atoms with van der Waals surface area (Å²) in [5.41, 5.74) is -0.00216. The Morgan fingerprint density at radius 1 is 1.38 bits per heavy atom. The van der Waals surface area contributed by atoms with Crippen LogP contribution in [0, 0.1) is 0 Å². The molecule has 2 heterocycles. The Kier molecular flexibility index (Phi) is 5.12. The molecule has 2 rings (SSSR count). The second-order valence-electron chi connectivity index (χ2n) is 4.80. The SMILES string of the molecule is CCc1cc2c(=O)n(CCCC(=O)OC)c(CC)nc2s1. The maximum absolute atomic E-state index is 12.6. The minimum atomic E-state index is -0.251. The van der Waals surface area contributed by atoms with Gasteiger partial charge in [-0.1, -0.05) is 13.8 Å². The van der Waals surface area contributed by atoms with Crippen molar-refractivity contribution in [2.24, 2.45) is 0 Å². The van der Waals surface area contributed by atoms with E-state index in [1.165, 1.54) is 12.0 Å². The zero-order chi connectivity index (χ0) is 15.4. The Bertz CT molecular complexity index is 703. The largest absolute Gasteiger partial charge is 0.469 e. The molecule has 6 heteroatoms. The van der Waals surface area contributed by atoms with E-state index in [4.69, 9.17) is 0 Å². The topological polar surface area (TPSA) is 61.2 Å². The monoisotopic (exact) mass is 308 g/mol. The molecule has 0 unspecified atom stereocenters. The highest BCUT2D eigenvalue weighted by Crippen LogP contribution is 2.22. The summed E-state index contributed by atoms with van der Waals surface area (Å²) in [7, 11) is 1.37. The summed E-state index contributed by atoms with van der Waals surface area (Å²) in [6.45, 7) is 4.55. The van der Waals surface area contributed by atoms with Crippen molar-refractivity contribution < 1.29 is 9.53 Å². The first-order chi connectivity index (χ1) is 10.1. The molecule has 0 aliphatic rings. The molecule has 0 fully saturated rings. The van der Waals surface area contributed by atoms with Crippen LogP contribution in [-0.4, -0.2) is 22.6 Å². The quantitative estimate of drug-likeness (QED) is 0.769. The minimum Gasteiger partial charge on any atom is -0.469 e. The number of fused-ring (bicyclic) bond motifs is 1. The second kappa shape index (κ2) is 6.85. The average Bonchev–Trinajstić information content (AvgIpc) is 2.92. The molecule has 0 aliphatic heterocycles. The van der Waals surface area contributed by atoms with Crippen molar-refractivity contribution in [1.29, 1.82) is 0 Å². The minimum absolute atomic E-state index is 0.00216. The van der Waals surface area contributed by atoms with Crippen molar-refractivity contribution in [1.82, 2.24) is 9.55 Å². The Hall–Kier alpha value is -1.69. The fourth-order valence-corrected chi connectivity index (χ4v) is 3.24. The summed E-state index contributed by atoms with van der Waals surface area (Å²) < 4.78 is 6.31. The lowest BCUT2D eigenvalue weighted by molar-refractivity contribution is -0.140. The maximum Gasteiger partial charge on any atom is 0.305 e. The normalized spacial score (nSPS) is 11.0. The van der Waals surface area contributed by atoms with E-state index < -0.39 is 0 Å². The van der Waals surface area contributed by atoms with Crippen LogP contribution in [0.2, 0.25) is 0 Å². The van der Waals surface area contributed by atoms with Gasteiger partial charge in [-0.15, -0.1) is 11.3 Å². The van der Waals surface area contributed by atoms with E-state index in [1.807, 2.05) is 13.0 Å².